The smallest absolute Gasteiger partial charge is 0.410 e. The lowest BCUT2D eigenvalue weighted by Gasteiger charge is -2.25. The minimum atomic E-state index is -0.143. The Hall–Kier alpha value is -0.770. The topological polar surface area (TPSA) is 32.8 Å². The molecule has 0 spiro atoms. The molecule has 0 aliphatic carbocycles. The zero-order valence-corrected chi connectivity index (χ0v) is 10.5. The Bertz CT molecular complexity index is 268. The van der Waals surface area contributed by atoms with Gasteiger partial charge < -0.3 is 9.64 Å². The second-order valence-corrected chi connectivity index (χ2v) is 5.22. The first-order valence-electron chi connectivity index (χ1n) is 6.25. The highest BCUT2D eigenvalue weighted by Crippen LogP contribution is 2.28. The number of hydrogen-bond donors (Lipinski definition) is 0. The number of likely N-dealkylation sites (tertiary alicyclic amines) is 1. The number of amides is 1. The summed E-state index contributed by atoms with van der Waals surface area (Å²) in [5, 5.41) is 0. The first-order valence-corrected chi connectivity index (χ1v) is 6.25. The van der Waals surface area contributed by atoms with Crippen LogP contribution >= 0.6 is 0 Å². The van der Waals surface area contributed by atoms with Gasteiger partial charge >= 0.3 is 6.09 Å². The average Bonchev–Trinajstić information content (AvgIpc) is 2.39. The van der Waals surface area contributed by atoms with Gasteiger partial charge in [0.05, 0.1) is 6.10 Å². The van der Waals surface area contributed by atoms with E-state index in [1.807, 2.05) is 18.7 Å². The molecule has 92 valence electrons. The predicted octanol–water partition coefficient (Wildman–Crippen LogP) is 1.70. The standard InChI is InChI=1S/C12H22N2O2/c1-9(2)16-12(15)14-7-6-10-4-5-11(8-14)13(10)3/h9-11H,4-8H2,1-3H3. The molecule has 16 heavy (non-hydrogen) atoms. The van der Waals surface area contributed by atoms with Crippen LogP contribution in [0.3, 0.4) is 0 Å². The molecule has 4 heteroatoms. The van der Waals surface area contributed by atoms with E-state index in [1.54, 1.807) is 0 Å². The third-order valence-electron chi connectivity index (χ3n) is 3.74. The number of nitrogens with zero attached hydrogens (tertiary/aromatic N) is 2. The molecule has 2 saturated heterocycles. The van der Waals surface area contributed by atoms with Crippen LogP contribution in [-0.4, -0.2) is 54.2 Å². The second kappa shape index (κ2) is 4.62. The normalized spacial score (nSPS) is 30.6. The molecule has 0 N–H and O–H groups in total. The Morgan fingerprint density at radius 2 is 1.94 bits per heavy atom. The lowest BCUT2D eigenvalue weighted by atomic mass is 10.1. The van der Waals surface area contributed by atoms with Crippen molar-refractivity contribution in [3.63, 3.8) is 0 Å². The largest absolute Gasteiger partial charge is 0.447 e. The van der Waals surface area contributed by atoms with Gasteiger partial charge in [-0.05, 0) is 40.2 Å². The van der Waals surface area contributed by atoms with E-state index in [9.17, 15) is 4.79 Å². The summed E-state index contributed by atoms with van der Waals surface area (Å²) >= 11 is 0. The Labute approximate surface area is 97.5 Å². The maximum Gasteiger partial charge on any atom is 0.410 e. The van der Waals surface area contributed by atoms with Crippen molar-refractivity contribution in [2.24, 2.45) is 0 Å². The van der Waals surface area contributed by atoms with E-state index in [4.69, 9.17) is 4.74 Å². The predicted molar refractivity (Wildman–Crippen MR) is 62.4 cm³/mol. The van der Waals surface area contributed by atoms with Gasteiger partial charge in [-0.2, -0.15) is 0 Å². The summed E-state index contributed by atoms with van der Waals surface area (Å²) < 4.78 is 5.26. The van der Waals surface area contributed by atoms with Gasteiger partial charge in [-0.3, -0.25) is 4.90 Å². The van der Waals surface area contributed by atoms with E-state index in [2.05, 4.69) is 11.9 Å². The fraction of sp³-hybridized carbons (Fsp3) is 0.917. The van der Waals surface area contributed by atoms with Crippen molar-refractivity contribution in [1.29, 1.82) is 0 Å². The molecule has 0 radical (unpaired) electrons. The van der Waals surface area contributed by atoms with Crippen molar-refractivity contribution in [2.75, 3.05) is 20.1 Å². The molecular formula is C12H22N2O2. The summed E-state index contributed by atoms with van der Waals surface area (Å²) in [6, 6.07) is 1.20. The number of hydrogen-bond acceptors (Lipinski definition) is 3. The number of carbonyl (C=O) groups is 1. The lowest BCUT2D eigenvalue weighted by Crippen LogP contribution is -2.40. The summed E-state index contributed by atoms with van der Waals surface area (Å²) in [5.74, 6) is 0. The molecule has 0 aromatic carbocycles. The van der Waals surface area contributed by atoms with Crippen molar-refractivity contribution in [3.05, 3.63) is 0 Å². The van der Waals surface area contributed by atoms with Gasteiger partial charge in [-0.15, -0.1) is 0 Å². The maximum atomic E-state index is 11.8. The number of carbonyl (C=O) groups excluding carboxylic acids is 1. The summed E-state index contributed by atoms with van der Waals surface area (Å²) in [4.78, 5) is 16.1. The molecule has 0 saturated carbocycles. The quantitative estimate of drug-likeness (QED) is 0.682. The molecule has 2 aliphatic rings. The highest BCUT2D eigenvalue weighted by molar-refractivity contribution is 5.67. The lowest BCUT2D eigenvalue weighted by molar-refractivity contribution is 0.0740. The Balaban J connectivity index is 1.95. The van der Waals surface area contributed by atoms with Crippen molar-refractivity contribution in [2.45, 2.75) is 51.3 Å². The number of likely N-dealkylation sites (N-methyl/N-ethyl adjacent to an activating group) is 1. The average molecular weight is 226 g/mol. The molecule has 0 aromatic heterocycles. The Kier molecular flexibility index (Phi) is 3.38. The van der Waals surface area contributed by atoms with Gasteiger partial charge in [0.1, 0.15) is 0 Å². The second-order valence-electron chi connectivity index (χ2n) is 5.22. The van der Waals surface area contributed by atoms with E-state index in [0.717, 1.165) is 19.5 Å². The Morgan fingerprint density at radius 3 is 2.62 bits per heavy atom. The third-order valence-corrected chi connectivity index (χ3v) is 3.74. The van der Waals surface area contributed by atoms with Crippen molar-refractivity contribution in [3.8, 4) is 0 Å². The molecule has 0 aromatic rings. The fourth-order valence-corrected chi connectivity index (χ4v) is 2.75. The van der Waals surface area contributed by atoms with Crippen LogP contribution in [0.25, 0.3) is 0 Å². The monoisotopic (exact) mass is 226 g/mol. The molecular weight excluding hydrogens is 204 g/mol. The van der Waals surface area contributed by atoms with Gasteiger partial charge in [0.15, 0.2) is 0 Å². The van der Waals surface area contributed by atoms with Crippen molar-refractivity contribution < 1.29 is 9.53 Å². The number of ether oxygens (including phenoxy) is 1. The molecule has 2 fully saturated rings. The van der Waals surface area contributed by atoms with Gasteiger partial charge in [0, 0.05) is 25.2 Å². The van der Waals surface area contributed by atoms with Gasteiger partial charge in [-0.1, -0.05) is 0 Å². The molecule has 2 rings (SSSR count). The van der Waals surface area contributed by atoms with Crippen LogP contribution in [0.1, 0.15) is 33.1 Å². The molecule has 2 bridgehead atoms. The van der Waals surface area contributed by atoms with Gasteiger partial charge in [0.25, 0.3) is 0 Å². The van der Waals surface area contributed by atoms with E-state index in [1.165, 1.54) is 12.8 Å². The maximum absolute atomic E-state index is 11.8. The molecule has 2 unspecified atom stereocenters. The summed E-state index contributed by atoms with van der Waals surface area (Å²) in [5.41, 5.74) is 0. The molecule has 2 aliphatic heterocycles. The van der Waals surface area contributed by atoms with Crippen LogP contribution in [0, 0.1) is 0 Å². The molecule has 1 amide bonds. The van der Waals surface area contributed by atoms with Crippen molar-refractivity contribution >= 4 is 6.09 Å². The first-order chi connectivity index (χ1) is 7.58. The van der Waals surface area contributed by atoms with Crippen LogP contribution in [-0.2, 0) is 4.74 Å². The summed E-state index contributed by atoms with van der Waals surface area (Å²) in [6.45, 7) is 5.47. The molecule has 4 nitrogen and oxygen atoms in total. The van der Waals surface area contributed by atoms with Crippen LogP contribution in [0.15, 0.2) is 0 Å². The highest BCUT2D eigenvalue weighted by Gasteiger charge is 2.36. The fourth-order valence-electron chi connectivity index (χ4n) is 2.75. The molecule has 2 atom stereocenters. The first kappa shape index (κ1) is 11.7. The van der Waals surface area contributed by atoms with Crippen molar-refractivity contribution in [1.82, 2.24) is 9.80 Å². The molecule has 2 heterocycles. The van der Waals surface area contributed by atoms with Gasteiger partial charge in [-0.25, -0.2) is 4.79 Å². The highest BCUT2D eigenvalue weighted by atomic mass is 16.6. The minimum Gasteiger partial charge on any atom is -0.447 e. The van der Waals surface area contributed by atoms with E-state index in [0.29, 0.717) is 12.1 Å². The Morgan fingerprint density at radius 1 is 1.25 bits per heavy atom. The van der Waals surface area contributed by atoms with E-state index >= 15 is 0 Å². The summed E-state index contributed by atoms with van der Waals surface area (Å²) in [7, 11) is 2.18. The zero-order chi connectivity index (χ0) is 11.7. The van der Waals surface area contributed by atoms with Crippen LogP contribution < -0.4 is 0 Å². The number of fused-ring (bicyclic) bond motifs is 2. The minimum absolute atomic E-state index is 0.0225. The third kappa shape index (κ3) is 2.32. The van der Waals surface area contributed by atoms with Crippen LogP contribution in [0.4, 0.5) is 4.79 Å². The van der Waals surface area contributed by atoms with Crippen LogP contribution in [0.5, 0.6) is 0 Å². The van der Waals surface area contributed by atoms with Crippen LogP contribution in [0.2, 0.25) is 0 Å². The summed E-state index contributed by atoms with van der Waals surface area (Å²) in [6.07, 6.45) is 3.42. The SMILES string of the molecule is CC(C)OC(=O)N1CCC2CCC(C1)N2C. The number of rotatable bonds is 1. The van der Waals surface area contributed by atoms with E-state index in [-0.39, 0.29) is 12.2 Å². The van der Waals surface area contributed by atoms with Gasteiger partial charge in [0.2, 0.25) is 0 Å². The van der Waals surface area contributed by atoms with E-state index < -0.39 is 0 Å². The zero-order valence-electron chi connectivity index (χ0n) is 10.5.